The van der Waals surface area contributed by atoms with Crippen molar-refractivity contribution in [1.29, 1.82) is 0 Å². The molecule has 0 spiro atoms. The molecule has 0 N–H and O–H groups in total. The van der Waals surface area contributed by atoms with E-state index in [9.17, 15) is 4.79 Å². The van der Waals surface area contributed by atoms with E-state index in [0.29, 0.717) is 22.8 Å². The molecule has 0 aliphatic heterocycles. The third-order valence-corrected chi connectivity index (χ3v) is 8.80. The Morgan fingerprint density at radius 1 is 0.700 bits per heavy atom. The van der Waals surface area contributed by atoms with Crippen LogP contribution in [0.25, 0.3) is 22.5 Å². The third-order valence-electron chi connectivity index (χ3n) is 8.80. The zero-order valence-electron chi connectivity index (χ0n) is 28.0. The van der Waals surface area contributed by atoms with Crippen molar-refractivity contribution in [3.63, 3.8) is 0 Å². The highest BCUT2D eigenvalue weighted by atomic mass is 16.5. The second kappa shape index (κ2) is 14.0. The molecule has 0 bridgehead atoms. The molecule has 8 nitrogen and oxygen atoms in total. The molecule has 8 heteroatoms. The number of benzene rings is 5. The largest absolute Gasteiger partial charge is 0.488 e. The lowest BCUT2D eigenvalue weighted by Gasteiger charge is -2.34. The molecule has 0 fully saturated rings. The maximum atomic E-state index is 12.4. The van der Waals surface area contributed by atoms with E-state index in [1.807, 2.05) is 91.9 Å². The number of aromatic nitrogens is 5. The summed E-state index contributed by atoms with van der Waals surface area (Å²) >= 11 is 0. The second-order valence-corrected chi connectivity index (χ2v) is 12.0. The molecule has 7 aromatic rings. The van der Waals surface area contributed by atoms with Crippen LogP contribution in [-0.2, 0) is 16.9 Å². The van der Waals surface area contributed by atoms with Crippen LogP contribution in [0.5, 0.6) is 5.75 Å². The van der Waals surface area contributed by atoms with Gasteiger partial charge in [-0.15, -0.1) is 15.0 Å². The number of carbonyl (C=O) groups excluding carboxylic acids is 1. The molecule has 5 aromatic carbocycles. The van der Waals surface area contributed by atoms with E-state index in [4.69, 9.17) is 19.8 Å². The summed E-state index contributed by atoms with van der Waals surface area (Å²) in [4.78, 5) is 18.6. The Bertz CT molecular complexity index is 2140. The summed E-state index contributed by atoms with van der Waals surface area (Å²) in [5.74, 6) is 0.484. The Hall–Kier alpha value is -6.41. The fourth-order valence-electron chi connectivity index (χ4n) is 6.48. The van der Waals surface area contributed by atoms with Gasteiger partial charge in [0, 0.05) is 17.3 Å². The number of hydrogen-bond acceptors (Lipinski definition) is 7. The van der Waals surface area contributed by atoms with Crippen molar-refractivity contribution < 1.29 is 14.3 Å². The topological polar surface area (TPSA) is 92.0 Å². The van der Waals surface area contributed by atoms with Crippen molar-refractivity contribution in [2.75, 3.05) is 7.11 Å². The Morgan fingerprint density at radius 3 is 1.80 bits per heavy atom. The van der Waals surface area contributed by atoms with Crippen LogP contribution in [0.1, 0.15) is 44.0 Å². The van der Waals surface area contributed by atoms with Crippen LogP contribution in [0.3, 0.4) is 0 Å². The summed E-state index contributed by atoms with van der Waals surface area (Å²) in [5, 5.41) is 14.5. The molecule has 0 saturated carbocycles. The standard InChI is InChI=1S/C42H35N5O3/c1-29-27-38(39(30(2)43-29)41(48)49-3)50-28-31-23-25-32(26-24-31)36-21-13-14-22-37(36)40-44-46-47(45-40)42(33-15-7-4-8-16-33,34-17-9-5-10-18-34)35-19-11-6-12-20-35/h4-27H,28H2,1-3H3. The summed E-state index contributed by atoms with van der Waals surface area (Å²) in [6, 6.07) is 48.9. The number of methoxy groups -OCH3 is 1. The van der Waals surface area contributed by atoms with Gasteiger partial charge in [0.15, 0.2) is 5.54 Å². The molecule has 0 atom stereocenters. The molecule has 0 unspecified atom stereocenters. The van der Waals surface area contributed by atoms with Gasteiger partial charge >= 0.3 is 5.97 Å². The van der Waals surface area contributed by atoms with Gasteiger partial charge in [-0.1, -0.05) is 140 Å². The molecule has 0 aliphatic rings. The van der Waals surface area contributed by atoms with E-state index in [-0.39, 0.29) is 6.61 Å². The van der Waals surface area contributed by atoms with Crippen LogP contribution in [0.2, 0.25) is 0 Å². The molecule has 7 rings (SSSR count). The summed E-state index contributed by atoms with van der Waals surface area (Å²) in [7, 11) is 1.35. The molecule has 0 amide bonds. The summed E-state index contributed by atoms with van der Waals surface area (Å²) in [5.41, 5.74) is 7.60. The number of esters is 1. The molecule has 0 radical (unpaired) electrons. The first-order chi connectivity index (χ1) is 24.5. The Morgan fingerprint density at radius 2 is 1.24 bits per heavy atom. The van der Waals surface area contributed by atoms with E-state index in [0.717, 1.165) is 44.6 Å². The average Bonchev–Trinajstić information content (AvgIpc) is 3.66. The van der Waals surface area contributed by atoms with Gasteiger partial charge in [0.2, 0.25) is 5.82 Å². The number of ether oxygens (including phenoxy) is 2. The van der Waals surface area contributed by atoms with Crippen LogP contribution in [0.15, 0.2) is 146 Å². The Kier molecular flexibility index (Phi) is 8.99. The fraction of sp³-hybridized carbons (Fsp3) is 0.119. The smallest absolute Gasteiger partial charge is 0.343 e. The SMILES string of the molecule is COC(=O)c1c(OCc2ccc(-c3ccccc3-c3nnn(C(c4ccccc4)(c4ccccc4)c4ccccc4)n3)cc2)cc(C)nc1C. The van der Waals surface area contributed by atoms with E-state index < -0.39 is 11.5 Å². The quantitative estimate of drug-likeness (QED) is 0.108. The fourth-order valence-corrected chi connectivity index (χ4v) is 6.48. The van der Waals surface area contributed by atoms with Gasteiger partial charge in [-0.3, -0.25) is 4.98 Å². The van der Waals surface area contributed by atoms with Crippen LogP contribution < -0.4 is 4.74 Å². The monoisotopic (exact) mass is 657 g/mol. The highest BCUT2D eigenvalue weighted by Gasteiger charge is 2.41. The molecule has 50 heavy (non-hydrogen) atoms. The van der Waals surface area contributed by atoms with Crippen LogP contribution >= 0.6 is 0 Å². The molecular formula is C42H35N5O3. The number of nitrogens with zero attached hydrogens (tertiary/aromatic N) is 5. The highest BCUT2D eigenvalue weighted by Crippen LogP contribution is 2.40. The molecule has 0 aliphatic carbocycles. The van der Waals surface area contributed by atoms with Gasteiger partial charge in [-0.05, 0) is 52.4 Å². The first-order valence-corrected chi connectivity index (χ1v) is 16.3. The van der Waals surface area contributed by atoms with Crippen LogP contribution in [0, 0.1) is 13.8 Å². The molecular weight excluding hydrogens is 622 g/mol. The summed E-state index contributed by atoms with van der Waals surface area (Å²) < 4.78 is 11.1. The van der Waals surface area contributed by atoms with Crippen LogP contribution in [-0.4, -0.2) is 38.3 Å². The van der Waals surface area contributed by atoms with E-state index in [2.05, 4.69) is 64.7 Å². The predicted octanol–water partition coefficient (Wildman–Crippen LogP) is 8.22. The van der Waals surface area contributed by atoms with Gasteiger partial charge in [0.25, 0.3) is 0 Å². The van der Waals surface area contributed by atoms with E-state index in [1.165, 1.54) is 7.11 Å². The number of rotatable bonds is 10. The van der Waals surface area contributed by atoms with E-state index >= 15 is 0 Å². The summed E-state index contributed by atoms with van der Waals surface area (Å²) in [6.07, 6.45) is 0. The average molecular weight is 658 g/mol. The number of aryl methyl sites for hydroxylation is 2. The third kappa shape index (κ3) is 6.03. The zero-order valence-corrected chi connectivity index (χ0v) is 28.0. The van der Waals surface area contributed by atoms with Gasteiger partial charge in [0.05, 0.1) is 12.8 Å². The highest BCUT2D eigenvalue weighted by molar-refractivity contribution is 5.93. The normalized spacial score (nSPS) is 11.3. The maximum absolute atomic E-state index is 12.4. The predicted molar refractivity (Wildman–Crippen MR) is 193 cm³/mol. The van der Waals surface area contributed by atoms with Gasteiger partial charge in [0.1, 0.15) is 17.9 Å². The Labute approximate surface area is 291 Å². The van der Waals surface area contributed by atoms with Crippen molar-refractivity contribution >= 4 is 5.97 Å². The number of hydrogen-bond donors (Lipinski definition) is 0. The zero-order chi connectivity index (χ0) is 34.5. The van der Waals surface area contributed by atoms with Crippen molar-refractivity contribution in [3.8, 4) is 28.3 Å². The molecule has 0 saturated heterocycles. The number of carbonyl (C=O) groups is 1. The molecule has 246 valence electrons. The number of tetrazole rings is 1. The summed E-state index contributed by atoms with van der Waals surface area (Å²) in [6.45, 7) is 3.91. The van der Waals surface area contributed by atoms with Gasteiger partial charge < -0.3 is 9.47 Å². The van der Waals surface area contributed by atoms with Crippen molar-refractivity contribution in [2.24, 2.45) is 0 Å². The lowest BCUT2D eigenvalue weighted by atomic mass is 9.77. The lowest BCUT2D eigenvalue weighted by molar-refractivity contribution is 0.0594. The van der Waals surface area contributed by atoms with Crippen molar-refractivity contribution in [2.45, 2.75) is 26.0 Å². The minimum absolute atomic E-state index is 0.269. The minimum atomic E-state index is -0.870. The van der Waals surface area contributed by atoms with Crippen molar-refractivity contribution in [1.82, 2.24) is 25.2 Å². The lowest BCUT2D eigenvalue weighted by Crippen LogP contribution is -2.39. The van der Waals surface area contributed by atoms with Gasteiger partial charge in [-0.25, -0.2) is 4.79 Å². The molecule has 2 heterocycles. The first kappa shape index (κ1) is 32.2. The van der Waals surface area contributed by atoms with Crippen LogP contribution in [0.4, 0.5) is 0 Å². The molecule has 2 aromatic heterocycles. The minimum Gasteiger partial charge on any atom is -0.488 e. The Balaban J connectivity index is 1.24. The first-order valence-electron chi connectivity index (χ1n) is 16.3. The van der Waals surface area contributed by atoms with E-state index in [1.54, 1.807) is 17.8 Å². The number of pyridine rings is 1. The van der Waals surface area contributed by atoms with Crippen molar-refractivity contribution in [3.05, 3.63) is 185 Å². The van der Waals surface area contributed by atoms with Gasteiger partial charge in [-0.2, -0.15) is 0 Å². The maximum Gasteiger partial charge on any atom is 0.343 e. The second-order valence-electron chi connectivity index (χ2n) is 12.0.